The van der Waals surface area contributed by atoms with Crippen LogP contribution in [0.1, 0.15) is 12.8 Å². The third-order valence-electron chi connectivity index (χ3n) is 2.44. The standard InChI is InChI=1S/C12H15BrN4/c13-11-3-4-12(16-9-11)15-5-1-2-7-17-8-6-14-10-17/h3-4,6,8-10H,1-2,5,7H2,(H,15,16). The zero-order valence-electron chi connectivity index (χ0n) is 9.51. The van der Waals surface area contributed by atoms with Gasteiger partial charge in [-0.05, 0) is 40.9 Å². The second-order valence-electron chi connectivity index (χ2n) is 3.80. The molecule has 0 unspecified atom stereocenters. The van der Waals surface area contributed by atoms with Crippen LogP contribution in [0.2, 0.25) is 0 Å². The number of pyridine rings is 1. The van der Waals surface area contributed by atoms with Crippen LogP contribution in [0.3, 0.4) is 0 Å². The molecule has 2 aromatic rings. The van der Waals surface area contributed by atoms with Crippen molar-refractivity contribution in [1.82, 2.24) is 14.5 Å². The van der Waals surface area contributed by atoms with Crippen molar-refractivity contribution in [2.45, 2.75) is 19.4 Å². The molecule has 2 heterocycles. The molecule has 0 saturated heterocycles. The molecule has 0 atom stereocenters. The largest absolute Gasteiger partial charge is 0.370 e. The van der Waals surface area contributed by atoms with E-state index in [1.54, 1.807) is 6.20 Å². The second-order valence-corrected chi connectivity index (χ2v) is 4.71. The van der Waals surface area contributed by atoms with Gasteiger partial charge in [0.1, 0.15) is 5.82 Å². The molecular formula is C12H15BrN4. The van der Waals surface area contributed by atoms with Crippen LogP contribution in [0, 0.1) is 0 Å². The predicted octanol–water partition coefficient (Wildman–Crippen LogP) is 2.93. The molecule has 4 nitrogen and oxygen atoms in total. The molecule has 0 aromatic carbocycles. The van der Waals surface area contributed by atoms with E-state index in [1.165, 1.54) is 0 Å². The van der Waals surface area contributed by atoms with Crippen LogP contribution in [-0.4, -0.2) is 21.1 Å². The Morgan fingerprint density at radius 3 is 2.94 bits per heavy atom. The first-order valence-corrected chi connectivity index (χ1v) is 6.45. The van der Waals surface area contributed by atoms with Crippen molar-refractivity contribution in [2.24, 2.45) is 0 Å². The van der Waals surface area contributed by atoms with Crippen LogP contribution in [0.5, 0.6) is 0 Å². The molecule has 0 aliphatic rings. The number of aromatic nitrogens is 3. The van der Waals surface area contributed by atoms with E-state index in [2.05, 4.69) is 35.8 Å². The van der Waals surface area contributed by atoms with E-state index in [-0.39, 0.29) is 0 Å². The fraction of sp³-hybridized carbons (Fsp3) is 0.333. The topological polar surface area (TPSA) is 42.7 Å². The van der Waals surface area contributed by atoms with Crippen LogP contribution in [0.25, 0.3) is 0 Å². The van der Waals surface area contributed by atoms with Gasteiger partial charge in [-0.3, -0.25) is 0 Å². The Kier molecular flexibility index (Phi) is 4.55. The fourth-order valence-electron chi connectivity index (χ4n) is 1.54. The van der Waals surface area contributed by atoms with Gasteiger partial charge in [-0.15, -0.1) is 0 Å². The highest BCUT2D eigenvalue weighted by molar-refractivity contribution is 9.10. The number of anilines is 1. The number of nitrogens with zero attached hydrogens (tertiary/aromatic N) is 3. The van der Waals surface area contributed by atoms with Gasteiger partial charge in [0, 0.05) is 36.2 Å². The number of rotatable bonds is 6. The maximum absolute atomic E-state index is 4.25. The zero-order chi connectivity index (χ0) is 11.9. The van der Waals surface area contributed by atoms with Gasteiger partial charge >= 0.3 is 0 Å². The first-order valence-electron chi connectivity index (χ1n) is 5.66. The minimum Gasteiger partial charge on any atom is -0.370 e. The highest BCUT2D eigenvalue weighted by atomic mass is 79.9. The van der Waals surface area contributed by atoms with Crippen molar-refractivity contribution in [1.29, 1.82) is 0 Å². The molecule has 0 saturated carbocycles. The Hall–Kier alpha value is -1.36. The van der Waals surface area contributed by atoms with E-state index in [0.29, 0.717) is 0 Å². The minimum atomic E-state index is 0.927. The summed E-state index contributed by atoms with van der Waals surface area (Å²) in [4.78, 5) is 8.26. The molecule has 5 heteroatoms. The quantitative estimate of drug-likeness (QED) is 0.833. The SMILES string of the molecule is Brc1ccc(NCCCCn2ccnc2)nc1. The lowest BCUT2D eigenvalue weighted by Crippen LogP contribution is -2.04. The Morgan fingerprint density at radius 1 is 1.29 bits per heavy atom. The molecule has 0 spiro atoms. The first kappa shape index (κ1) is 12.1. The van der Waals surface area contributed by atoms with Gasteiger partial charge in [0.2, 0.25) is 0 Å². The molecule has 2 rings (SSSR count). The third kappa shape index (κ3) is 4.19. The molecule has 0 aliphatic heterocycles. The van der Waals surface area contributed by atoms with Crippen LogP contribution in [0.4, 0.5) is 5.82 Å². The molecule has 17 heavy (non-hydrogen) atoms. The highest BCUT2D eigenvalue weighted by Crippen LogP contribution is 2.10. The summed E-state index contributed by atoms with van der Waals surface area (Å²) in [6, 6.07) is 3.96. The molecule has 0 bridgehead atoms. The number of hydrogen-bond donors (Lipinski definition) is 1. The summed E-state index contributed by atoms with van der Waals surface area (Å²) in [6.07, 6.45) is 9.71. The fourth-order valence-corrected chi connectivity index (χ4v) is 1.77. The van der Waals surface area contributed by atoms with Gasteiger partial charge in [0.05, 0.1) is 6.33 Å². The van der Waals surface area contributed by atoms with E-state index >= 15 is 0 Å². The molecule has 0 amide bonds. The van der Waals surface area contributed by atoms with Crippen molar-refractivity contribution in [3.05, 3.63) is 41.5 Å². The molecule has 90 valence electrons. The Labute approximate surface area is 109 Å². The molecule has 0 fully saturated rings. The van der Waals surface area contributed by atoms with Gasteiger partial charge in [-0.2, -0.15) is 0 Å². The molecule has 2 aromatic heterocycles. The second kappa shape index (κ2) is 6.39. The van der Waals surface area contributed by atoms with Gasteiger partial charge in [-0.25, -0.2) is 9.97 Å². The average Bonchev–Trinajstić information content (AvgIpc) is 2.84. The van der Waals surface area contributed by atoms with Gasteiger partial charge in [0.15, 0.2) is 0 Å². The summed E-state index contributed by atoms with van der Waals surface area (Å²) in [5, 5.41) is 3.30. The summed E-state index contributed by atoms with van der Waals surface area (Å²) in [6.45, 7) is 1.97. The smallest absolute Gasteiger partial charge is 0.125 e. The lowest BCUT2D eigenvalue weighted by molar-refractivity contribution is 0.620. The highest BCUT2D eigenvalue weighted by Gasteiger charge is 1.94. The summed E-state index contributed by atoms with van der Waals surface area (Å²) in [7, 11) is 0. The van der Waals surface area contributed by atoms with Crippen molar-refractivity contribution < 1.29 is 0 Å². The molecular weight excluding hydrogens is 280 g/mol. The maximum Gasteiger partial charge on any atom is 0.125 e. The van der Waals surface area contributed by atoms with E-state index in [4.69, 9.17) is 0 Å². The first-order chi connectivity index (χ1) is 8.34. The molecule has 1 N–H and O–H groups in total. The van der Waals surface area contributed by atoms with Crippen LogP contribution >= 0.6 is 15.9 Å². The molecule has 0 radical (unpaired) electrons. The van der Waals surface area contributed by atoms with Gasteiger partial charge in [0.25, 0.3) is 0 Å². The number of aryl methyl sites for hydroxylation is 1. The number of imidazole rings is 1. The van der Waals surface area contributed by atoms with Gasteiger partial charge in [-0.1, -0.05) is 0 Å². The van der Waals surface area contributed by atoms with Crippen molar-refractivity contribution in [2.75, 3.05) is 11.9 Å². The number of hydrogen-bond acceptors (Lipinski definition) is 3. The lowest BCUT2D eigenvalue weighted by Gasteiger charge is -2.05. The number of halogens is 1. The predicted molar refractivity (Wildman–Crippen MR) is 71.9 cm³/mol. The van der Waals surface area contributed by atoms with E-state index in [1.807, 2.05) is 30.9 Å². The number of nitrogens with one attached hydrogen (secondary N) is 1. The zero-order valence-corrected chi connectivity index (χ0v) is 11.1. The number of unbranched alkanes of at least 4 members (excludes halogenated alkanes) is 1. The average molecular weight is 295 g/mol. The van der Waals surface area contributed by atoms with E-state index < -0.39 is 0 Å². The summed E-state index contributed by atoms with van der Waals surface area (Å²) in [5.74, 6) is 0.927. The summed E-state index contributed by atoms with van der Waals surface area (Å²) < 4.78 is 3.10. The Balaban J connectivity index is 1.61. The van der Waals surface area contributed by atoms with Crippen LogP contribution in [0.15, 0.2) is 41.5 Å². The maximum atomic E-state index is 4.25. The Bertz CT molecular complexity index is 424. The third-order valence-corrected chi connectivity index (χ3v) is 2.90. The lowest BCUT2D eigenvalue weighted by atomic mass is 10.3. The van der Waals surface area contributed by atoms with E-state index in [9.17, 15) is 0 Å². The summed E-state index contributed by atoms with van der Waals surface area (Å²) in [5.41, 5.74) is 0. The van der Waals surface area contributed by atoms with Crippen molar-refractivity contribution in [3.63, 3.8) is 0 Å². The molecule has 0 aliphatic carbocycles. The van der Waals surface area contributed by atoms with Crippen LogP contribution in [-0.2, 0) is 6.54 Å². The van der Waals surface area contributed by atoms with E-state index in [0.717, 1.165) is 36.2 Å². The van der Waals surface area contributed by atoms with Crippen molar-refractivity contribution in [3.8, 4) is 0 Å². The minimum absolute atomic E-state index is 0.927. The summed E-state index contributed by atoms with van der Waals surface area (Å²) >= 11 is 3.36. The van der Waals surface area contributed by atoms with Gasteiger partial charge < -0.3 is 9.88 Å². The van der Waals surface area contributed by atoms with Crippen LogP contribution < -0.4 is 5.32 Å². The normalized spacial score (nSPS) is 10.4. The van der Waals surface area contributed by atoms with Crippen molar-refractivity contribution >= 4 is 21.7 Å². The monoisotopic (exact) mass is 294 g/mol. The Morgan fingerprint density at radius 2 is 2.24 bits per heavy atom.